The summed E-state index contributed by atoms with van der Waals surface area (Å²) < 4.78 is 5.83. The number of fused-ring (bicyclic) bond motifs is 1. The molecule has 5 heteroatoms. The van der Waals surface area contributed by atoms with Gasteiger partial charge in [0.25, 0.3) is 0 Å². The van der Waals surface area contributed by atoms with Gasteiger partial charge in [-0.2, -0.15) is 0 Å². The van der Waals surface area contributed by atoms with Gasteiger partial charge in [-0.15, -0.1) is 0 Å². The molecule has 0 aromatic heterocycles. The molecule has 98 valence electrons. The normalized spacial score (nSPS) is 27.3. The van der Waals surface area contributed by atoms with Crippen molar-refractivity contribution in [2.24, 2.45) is 5.73 Å². The Morgan fingerprint density at radius 3 is 3.06 bits per heavy atom. The first kappa shape index (κ1) is 12.2. The first-order valence-electron chi connectivity index (χ1n) is 6.46. The third-order valence-electron chi connectivity index (χ3n) is 3.60. The third kappa shape index (κ3) is 2.10. The predicted octanol–water partition coefficient (Wildman–Crippen LogP) is 2.19. The Labute approximate surface area is 112 Å². The zero-order chi connectivity index (χ0) is 12.5. The Bertz CT molecular complexity index is 434. The van der Waals surface area contributed by atoms with E-state index >= 15 is 0 Å². The largest absolute Gasteiger partial charge is 0.357 e. The average molecular weight is 268 g/mol. The predicted molar refractivity (Wildman–Crippen MR) is 72.5 cm³/mol. The van der Waals surface area contributed by atoms with Crippen molar-refractivity contribution in [1.82, 2.24) is 5.43 Å². The second-order valence-corrected chi connectivity index (χ2v) is 5.25. The fraction of sp³-hybridized carbons (Fsp3) is 0.538. The van der Waals surface area contributed by atoms with Crippen LogP contribution in [0.15, 0.2) is 18.2 Å². The van der Waals surface area contributed by atoms with Crippen LogP contribution in [0.1, 0.15) is 30.9 Å². The van der Waals surface area contributed by atoms with Crippen LogP contribution in [0.2, 0.25) is 5.02 Å². The molecule has 1 saturated heterocycles. The van der Waals surface area contributed by atoms with Gasteiger partial charge >= 0.3 is 0 Å². The number of nitrogens with two attached hydrogens (primary N) is 1. The van der Waals surface area contributed by atoms with Gasteiger partial charge < -0.3 is 10.5 Å². The summed E-state index contributed by atoms with van der Waals surface area (Å²) in [5.41, 5.74) is 11.6. The first-order valence-corrected chi connectivity index (χ1v) is 6.84. The van der Waals surface area contributed by atoms with Crippen molar-refractivity contribution in [2.45, 2.75) is 31.5 Å². The maximum atomic E-state index is 6.06. The second kappa shape index (κ2) is 5.05. The molecule has 3 N–H and O–H groups in total. The molecule has 0 bridgehead atoms. The maximum Gasteiger partial charge on any atom is 0.144 e. The highest BCUT2D eigenvalue weighted by molar-refractivity contribution is 6.30. The number of hydrogen-bond donors (Lipinski definition) is 2. The Morgan fingerprint density at radius 2 is 2.33 bits per heavy atom. The van der Waals surface area contributed by atoms with E-state index in [2.05, 4.69) is 10.4 Å². The molecular weight excluding hydrogens is 250 g/mol. The third-order valence-corrected chi connectivity index (χ3v) is 3.83. The van der Waals surface area contributed by atoms with Crippen LogP contribution in [0.4, 0.5) is 5.69 Å². The van der Waals surface area contributed by atoms with E-state index in [0.717, 1.165) is 30.2 Å². The standard InChI is InChI=1S/C13H18ClN3O/c14-9-4-5-12-10(7-9)11(8-15)16-17(12)13-3-1-2-6-18-13/h4-5,7,11,13,16H,1-3,6,8,15H2. The van der Waals surface area contributed by atoms with Gasteiger partial charge in [-0.1, -0.05) is 11.6 Å². The highest BCUT2D eigenvalue weighted by atomic mass is 35.5. The smallest absolute Gasteiger partial charge is 0.144 e. The van der Waals surface area contributed by atoms with Gasteiger partial charge in [-0.3, -0.25) is 5.01 Å². The fourth-order valence-electron chi connectivity index (χ4n) is 2.68. The Balaban J connectivity index is 1.90. The number of rotatable bonds is 2. The summed E-state index contributed by atoms with van der Waals surface area (Å²) in [6.07, 6.45) is 3.51. The van der Waals surface area contributed by atoms with E-state index in [1.165, 1.54) is 12.0 Å². The van der Waals surface area contributed by atoms with Crippen molar-refractivity contribution in [2.75, 3.05) is 18.2 Å². The molecule has 2 aliphatic rings. The number of benzene rings is 1. The van der Waals surface area contributed by atoms with Gasteiger partial charge in [-0.25, -0.2) is 5.43 Å². The minimum Gasteiger partial charge on any atom is -0.357 e. The van der Waals surface area contributed by atoms with E-state index in [9.17, 15) is 0 Å². The Hall–Kier alpha value is -0.810. The monoisotopic (exact) mass is 267 g/mol. The minimum atomic E-state index is 0.107. The summed E-state index contributed by atoms with van der Waals surface area (Å²) in [6, 6.07) is 6.07. The zero-order valence-electron chi connectivity index (χ0n) is 10.2. The van der Waals surface area contributed by atoms with Crippen molar-refractivity contribution < 1.29 is 4.74 Å². The molecule has 2 atom stereocenters. The quantitative estimate of drug-likeness (QED) is 0.863. The Kier molecular flexibility index (Phi) is 3.43. The van der Waals surface area contributed by atoms with Gasteiger partial charge in [0.1, 0.15) is 6.23 Å². The maximum absolute atomic E-state index is 6.06. The number of hydrogen-bond acceptors (Lipinski definition) is 4. The summed E-state index contributed by atoms with van der Waals surface area (Å²) in [6.45, 7) is 1.38. The topological polar surface area (TPSA) is 50.5 Å². The lowest BCUT2D eigenvalue weighted by Gasteiger charge is -2.33. The van der Waals surface area contributed by atoms with E-state index < -0.39 is 0 Å². The summed E-state index contributed by atoms with van der Waals surface area (Å²) in [4.78, 5) is 0. The van der Waals surface area contributed by atoms with Crippen LogP contribution in [0.25, 0.3) is 0 Å². The second-order valence-electron chi connectivity index (χ2n) is 4.81. The highest BCUT2D eigenvalue weighted by Gasteiger charge is 2.33. The number of nitrogens with zero attached hydrogens (tertiary/aromatic N) is 1. The molecule has 0 spiro atoms. The lowest BCUT2D eigenvalue weighted by atomic mass is 10.1. The molecule has 2 unspecified atom stereocenters. The van der Waals surface area contributed by atoms with Gasteiger partial charge in [-0.05, 0) is 43.0 Å². The molecule has 2 heterocycles. The lowest BCUT2D eigenvalue weighted by molar-refractivity contribution is 0.00820. The molecule has 1 aromatic rings. The molecule has 2 aliphatic heterocycles. The average Bonchev–Trinajstić information content (AvgIpc) is 2.77. The molecule has 1 aromatic carbocycles. The molecule has 0 aliphatic carbocycles. The van der Waals surface area contributed by atoms with Crippen LogP contribution in [0, 0.1) is 0 Å². The molecule has 3 rings (SSSR count). The van der Waals surface area contributed by atoms with Crippen LogP contribution < -0.4 is 16.2 Å². The summed E-state index contributed by atoms with van der Waals surface area (Å²) in [5.74, 6) is 0. The molecule has 0 radical (unpaired) electrons. The number of ether oxygens (including phenoxy) is 1. The van der Waals surface area contributed by atoms with Gasteiger partial charge in [0, 0.05) is 18.2 Å². The molecule has 0 saturated carbocycles. The first-order chi connectivity index (χ1) is 8.79. The number of halogens is 1. The van der Waals surface area contributed by atoms with Crippen LogP contribution in [-0.4, -0.2) is 19.4 Å². The van der Waals surface area contributed by atoms with Crippen LogP contribution in [0.3, 0.4) is 0 Å². The summed E-state index contributed by atoms with van der Waals surface area (Å²) in [7, 11) is 0. The lowest BCUT2D eigenvalue weighted by Crippen LogP contribution is -2.47. The number of anilines is 1. The molecule has 18 heavy (non-hydrogen) atoms. The van der Waals surface area contributed by atoms with Crippen molar-refractivity contribution in [3.05, 3.63) is 28.8 Å². The molecule has 0 amide bonds. The summed E-state index contributed by atoms with van der Waals surface area (Å²) in [5, 5.41) is 2.86. The van der Waals surface area contributed by atoms with Crippen molar-refractivity contribution in [3.8, 4) is 0 Å². The number of nitrogens with one attached hydrogen (secondary N) is 1. The van der Waals surface area contributed by atoms with Crippen LogP contribution in [-0.2, 0) is 4.74 Å². The van der Waals surface area contributed by atoms with Gasteiger partial charge in [0.2, 0.25) is 0 Å². The zero-order valence-corrected chi connectivity index (χ0v) is 11.0. The van der Waals surface area contributed by atoms with E-state index in [1.807, 2.05) is 18.2 Å². The van der Waals surface area contributed by atoms with E-state index in [0.29, 0.717) is 6.54 Å². The van der Waals surface area contributed by atoms with E-state index in [1.54, 1.807) is 0 Å². The van der Waals surface area contributed by atoms with Crippen molar-refractivity contribution in [1.29, 1.82) is 0 Å². The SMILES string of the molecule is NCC1NN(C2CCCCO2)c2ccc(Cl)cc21. The van der Waals surface area contributed by atoms with E-state index in [4.69, 9.17) is 22.1 Å². The minimum absolute atomic E-state index is 0.107. The van der Waals surface area contributed by atoms with E-state index in [-0.39, 0.29) is 12.3 Å². The summed E-state index contributed by atoms with van der Waals surface area (Å²) >= 11 is 6.06. The van der Waals surface area contributed by atoms with Crippen LogP contribution >= 0.6 is 11.6 Å². The van der Waals surface area contributed by atoms with Crippen molar-refractivity contribution in [3.63, 3.8) is 0 Å². The molecule has 4 nitrogen and oxygen atoms in total. The highest BCUT2D eigenvalue weighted by Crippen LogP contribution is 2.36. The van der Waals surface area contributed by atoms with Crippen molar-refractivity contribution >= 4 is 17.3 Å². The van der Waals surface area contributed by atoms with Gasteiger partial charge in [0.15, 0.2) is 0 Å². The Morgan fingerprint density at radius 1 is 1.44 bits per heavy atom. The molecular formula is C13H18ClN3O. The fourth-order valence-corrected chi connectivity index (χ4v) is 2.86. The van der Waals surface area contributed by atoms with Gasteiger partial charge in [0.05, 0.1) is 11.7 Å². The molecule has 1 fully saturated rings. The van der Waals surface area contributed by atoms with Crippen LogP contribution in [0.5, 0.6) is 0 Å². The number of hydrazine groups is 1.